The van der Waals surface area contributed by atoms with Crippen LogP contribution in [0, 0.1) is 22.3 Å². The molecule has 0 bridgehead atoms. The van der Waals surface area contributed by atoms with Crippen molar-refractivity contribution in [1.82, 2.24) is 0 Å². The summed E-state index contributed by atoms with van der Waals surface area (Å²) in [4.78, 5) is 0. The minimum Gasteiger partial charge on any atom is -0.693 e. The van der Waals surface area contributed by atoms with Crippen molar-refractivity contribution in [2.45, 2.75) is 14.9 Å². The van der Waals surface area contributed by atoms with Crippen LogP contribution in [0.4, 0.5) is 0 Å². The number of rotatable bonds is 0. The van der Waals surface area contributed by atoms with Gasteiger partial charge in [-0.1, -0.05) is 14.9 Å². The van der Waals surface area contributed by atoms with E-state index in [1.165, 1.54) is 0 Å². The minimum absolute atomic E-state index is 0. The quantitative estimate of drug-likeness (QED) is 0.164. The molecule has 0 fully saturated rings. The summed E-state index contributed by atoms with van der Waals surface area (Å²) in [6.07, 6.45) is 0. The van der Waals surface area contributed by atoms with E-state index < -0.39 is 16.5 Å². The monoisotopic (exact) mass is 1660 g/mol. The van der Waals surface area contributed by atoms with Crippen LogP contribution in [0.2, 0.25) is 0 Å². The normalized spacial score (nSPS) is 0.906. The first-order valence-electron chi connectivity index (χ1n) is 0.359. The van der Waals surface area contributed by atoms with Crippen LogP contribution in [0.5, 0.6) is 0 Å². The first-order chi connectivity index (χ1) is 2.41. The maximum Gasteiger partial charge on any atom is 4.00 e. The summed E-state index contributed by atoms with van der Waals surface area (Å²) in [7, 11) is 14.4. The van der Waals surface area contributed by atoms with Crippen molar-refractivity contribution in [3.63, 3.8) is 0 Å². The molecule has 0 aliphatic heterocycles. The summed E-state index contributed by atoms with van der Waals surface area (Å²) in [6.45, 7) is 0. The standard InChI is InChI=1S/2CH4.3CH3.3ClH.12H2N.6H2O.6Pt/h2*1H4;3*1H3;3*1H;18*1H2;;;;;;/q;;3*-1;;;;12*-1;;;;;;;+1;3*+2;2*+4. The number of nitrogens with two attached hydrogens (primary N) is 12. The molecule has 0 aromatic carbocycles. The van der Waals surface area contributed by atoms with Gasteiger partial charge in [-0.15, -0.1) is 0 Å². The van der Waals surface area contributed by atoms with Gasteiger partial charge in [0.2, 0.25) is 0 Å². The molecule has 27 heteroatoms. The van der Waals surface area contributed by atoms with Crippen LogP contribution in [0.15, 0.2) is 0 Å². The van der Waals surface area contributed by atoms with Crippen molar-refractivity contribution >= 4 is 28.3 Å². The maximum absolute atomic E-state index is 4.88. The molecule has 0 aromatic rings. The van der Waals surface area contributed by atoms with Crippen LogP contribution in [0.3, 0.4) is 0 Å². The van der Waals surface area contributed by atoms with Gasteiger partial charge in [0.25, 0.3) is 0 Å². The molecule has 0 heterocycles. The molecule has 32 heavy (non-hydrogen) atoms. The molecule has 0 aliphatic carbocycles. The van der Waals surface area contributed by atoms with E-state index in [1.807, 2.05) is 0 Å². The summed E-state index contributed by atoms with van der Waals surface area (Å²) >= 11 is 1.14. The molecular formula is C5H56Cl3N12O6Pt6. The van der Waals surface area contributed by atoms with Crippen molar-refractivity contribution < 1.29 is 152 Å². The molecule has 0 atom stereocenters. The van der Waals surface area contributed by atoms with Crippen LogP contribution in [-0.4, -0.2) is 16.4 Å². The summed E-state index contributed by atoms with van der Waals surface area (Å²) in [5.41, 5.74) is 0. The maximum atomic E-state index is 4.88. The van der Waals surface area contributed by atoms with Crippen molar-refractivity contribution in [1.29, 1.82) is 0 Å². The Labute approximate surface area is 288 Å². The third kappa shape index (κ3) is 2070. The van der Waals surface area contributed by atoms with Crippen molar-refractivity contribution in [2.24, 2.45) is 0 Å². The van der Waals surface area contributed by atoms with E-state index in [0.717, 1.165) is 0 Å². The molecule has 0 radical (unpaired) electrons. The van der Waals surface area contributed by atoms with Gasteiger partial charge in [0.15, 0.2) is 0 Å². The number of hydrogen-bond donors (Lipinski definition) is 0. The Bertz CT molecular complexity index is 69.6. The van der Waals surface area contributed by atoms with Crippen LogP contribution < -0.4 is 0 Å². The van der Waals surface area contributed by atoms with E-state index in [0.29, 0.717) is 0 Å². The average molecular weight is 1660 g/mol. The van der Waals surface area contributed by atoms with E-state index in [1.54, 1.807) is 18.8 Å². The van der Waals surface area contributed by atoms with Gasteiger partial charge in [-0.05, 0) is 0 Å². The molecule has 0 amide bonds. The van der Waals surface area contributed by atoms with Gasteiger partial charge < -0.3 is 129 Å². The van der Waals surface area contributed by atoms with Crippen molar-refractivity contribution in [3.8, 4) is 0 Å². The number of hydrogen-bond acceptors (Lipinski definition) is 0. The van der Waals surface area contributed by atoms with Gasteiger partial charge in [0.1, 0.15) is 0 Å². The molecule has 0 aliphatic rings. The zero-order chi connectivity index (χ0) is 4.71. The van der Waals surface area contributed by atoms with Gasteiger partial charge in [-0.3, -0.25) is 0 Å². The average Bonchev–Trinajstić information content (AvgIpc) is 1.46. The van der Waals surface area contributed by atoms with E-state index in [9.17, 15) is 0 Å². The third-order valence-corrected chi connectivity index (χ3v) is 0. The van der Waals surface area contributed by atoms with E-state index in [4.69, 9.17) is 18.8 Å². The fourth-order valence-corrected chi connectivity index (χ4v) is 0. The second-order valence-electron chi connectivity index (χ2n) is 0.0452. The van der Waals surface area contributed by atoms with Crippen molar-refractivity contribution in [3.05, 3.63) is 96.1 Å². The zero-order valence-corrected chi connectivity index (χ0v) is 32.1. The van der Waals surface area contributed by atoms with E-state index in [2.05, 4.69) is 9.42 Å². The van der Waals surface area contributed by atoms with Gasteiger partial charge in [-0.25, -0.2) is 0 Å². The molecular weight excluding hydrogens is 1600 g/mol. The van der Waals surface area contributed by atoms with Crippen LogP contribution in [-0.2, 0) is 136 Å². The Morgan fingerprint density at radius 3 is 0.406 bits per heavy atom. The number of halogens is 3. The van der Waals surface area contributed by atoms with E-state index in [-0.39, 0.29) is 228 Å². The molecule has 0 aromatic heterocycles. The zero-order valence-electron chi connectivity index (χ0n) is 16.2. The van der Waals surface area contributed by atoms with Gasteiger partial charge in [0.05, 0.1) is 0 Å². The van der Waals surface area contributed by atoms with Gasteiger partial charge >= 0.3 is 148 Å². The fraction of sp³-hybridized carbons (Fsp3) is 0.400. The molecule has 0 unspecified atom stereocenters. The summed E-state index contributed by atoms with van der Waals surface area (Å²) in [5, 5.41) is 0. The Hall–Kier alpha value is 4.28. The molecule has 18 nitrogen and oxygen atoms in total. The van der Waals surface area contributed by atoms with Gasteiger partial charge in [-0.2, -0.15) is 0 Å². The Kier molecular flexibility index (Phi) is 39600. The first kappa shape index (κ1) is 852. The third-order valence-electron chi connectivity index (χ3n) is 0. The van der Waals surface area contributed by atoms with Gasteiger partial charge in [0, 0.05) is 0 Å². The predicted octanol–water partition coefficient (Wildman–Crippen LogP) is 8.04. The molecule has 253 valence electrons. The molecule has 0 spiro atoms. The Morgan fingerprint density at radius 1 is 0.406 bits per heavy atom. The second-order valence-corrected chi connectivity index (χ2v) is 3.33. The fourth-order valence-electron chi connectivity index (χ4n) is 0. The summed E-state index contributed by atoms with van der Waals surface area (Å²) in [5.74, 6) is 0. The SMILES string of the molecule is C.C.O.O.O.[CH3-].[CH3-].[CH3-].[Cl][Pt+2][Cl].[Cl][Pt].[NH2-].[NH2-].[NH2-].[NH2-].[NH2-].[NH2-].[NH2-].[NH2-].[NH2-].[NH2-].[NH2-].[NH2-].[OH3+].[OH3+].[OH3+].[Pt+2].[Pt+2].[Pt+2].[Pt+4]. The molecule has 39 N–H and O–H groups in total. The Morgan fingerprint density at radius 2 is 0.406 bits per heavy atom. The summed E-state index contributed by atoms with van der Waals surface area (Å²) in [6, 6.07) is 0. The Balaban J connectivity index is -0.000000000114. The second kappa shape index (κ2) is 1490. The largest absolute Gasteiger partial charge is 4.00 e. The van der Waals surface area contributed by atoms with Crippen molar-refractivity contribution in [2.75, 3.05) is 0 Å². The van der Waals surface area contributed by atoms with E-state index >= 15 is 0 Å². The van der Waals surface area contributed by atoms with Crippen LogP contribution >= 0.6 is 28.3 Å². The predicted molar refractivity (Wildman–Crippen MR) is 139 cm³/mol. The molecule has 0 rings (SSSR count). The molecule has 0 saturated carbocycles. The van der Waals surface area contributed by atoms with Crippen LogP contribution in [0.1, 0.15) is 14.9 Å². The molecule has 0 saturated heterocycles. The first-order valence-corrected chi connectivity index (χ1v) is 8.81. The minimum atomic E-state index is -0.472. The smallest absolute Gasteiger partial charge is 0.693 e. The summed E-state index contributed by atoms with van der Waals surface area (Å²) < 4.78 is 0. The topological polar surface area (TPSA) is 596 Å². The van der Waals surface area contributed by atoms with Crippen LogP contribution in [0.25, 0.3) is 73.8 Å².